The Hall–Kier alpha value is -2.10. The molecule has 2 aromatic rings. The highest BCUT2D eigenvalue weighted by atomic mass is 16.5. The summed E-state index contributed by atoms with van der Waals surface area (Å²) in [6, 6.07) is 9.83. The van der Waals surface area contributed by atoms with Crippen molar-refractivity contribution in [3.8, 4) is 17.0 Å². The van der Waals surface area contributed by atoms with Crippen molar-refractivity contribution in [3.63, 3.8) is 0 Å². The van der Waals surface area contributed by atoms with E-state index in [0.717, 1.165) is 29.2 Å². The van der Waals surface area contributed by atoms with Crippen LogP contribution in [-0.2, 0) is 0 Å². The van der Waals surface area contributed by atoms with E-state index < -0.39 is 0 Å². The molecule has 94 valence electrons. The summed E-state index contributed by atoms with van der Waals surface area (Å²) >= 11 is 0. The van der Waals surface area contributed by atoms with E-state index in [9.17, 15) is 0 Å². The van der Waals surface area contributed by atoms with Crippen LogP contribution in [0.4, 0.5) is 5.95 Å². The van der Waals surface area contributed by atoms with Crippen molar-refractivity contribution in [2.45, 2.75) is 13.8 Å². The average molecular weight is 243 g/mol. The van der Waals surface area contributed by atoms with Crippen LogP contribution in [0.15, 0.2) is 30.3 Å². The third-order valence-electron chi connectivity index (χ3n) is 2.57. The van der Waals surface area contributed by atoms with Gasteiger partial charge in [-0.2, -0.15) is 0 Å². The van der Waals surface area contributed by atoms with E-state index in [0.29, 0.717) is 5.95 Å². The first-order chi connectivity index (χ1) is 8.72. The van der Waals surface area contributed by atoms with Crippen molar-refractivity contribution in [1.29, 1.82) is 0 Å². The molecule has 4 heteroatoms. The van der Waals surface area contributed by atoms with E-state index in [1.807, 2.05) is 44.2 Å². The summed E-state index contributed by atoms with van der Waals surface area (Å²) in [5.74, 6) is 1.51. The molecule has 1 aromatic carbocycles. The number of nitrogens with one attached hydrogen (secondary N) is 1. The fourth-order valence-electron chi connectivity index (χ4n) is 1.72. The minimum Gasteiger partial charge on any atom is -0.497 e. The summed E-state index contributed by atoms with van der Waals surface area (Å²) in [6.07, 6.45) is 0. The second kappa shape index (κ2) is 5.49. The summed E-state index contributed by atoms with van der Waals surface area (Å²) in [4.78, 5) is 8.82. The predicted molar refractivity (Wildman–Crippen MR) is 72.9 cm³/mol. The van der Waals surface area contributed by atoms with E-state index in [4.69, 9.17) is 4.74 Å². The van der Waals surface area contributed by atoms with Gasteiger partial charge in [-0.05, 0) is 44.2 Å². The number of aryl methyl sites for hydroxylation is 1. The molecule has 0 radical (unpaired) electrons. The zero-order valence-electron chi connectivity index (χ0n) is 10.9. The van der Waals surface area contributed by atoms with Gasteiger partial charge >= 0.3 is 0 Å². The van der Waals surface area contributed by atoms with E-state index in [1.165, 1.54) is 0 Å². The molecule has 0 bridgehead atoms. The van der Waals surface area contributed by atoms with Crippen LogP contribution in [-0.4, -0.2) is 23.6 Å². The fraction of sp³-hybridized carbons (Fsp3) is 0.286. The molecule has 0 saturated heterocycles. The van der Waals surface area contributed by atoms with Crippen molar-refractivity contribution >= 4 is 5.95 Å². The number of anilines is 1. The van der Waals surface area contributed by atoms with Crippen LogP contribution in [0.3, 0.4) is 0 Å². The van der Waals surface area contributed by atoms with Crippen molar-refractivity contribution in [2.24, 2.45) is 0 Å². The van der Waals surface area contributed by atoms with E-state index >= 15 is 0 Å². The number of nitrogens with zero attached hydrogens (tertiary/aromatic N) is 2. The van der Waals surface area contributed by atoms with Crippen molar-refractivity contribution in [1.82, 2.24) is 9.97 Å². The van der Waals surface area contributed by atoms with Crippen LogP contribution in [0.25, 0.3) is 11.3 Å². The third-order valence-corrected chi connectivity index (χ3v) is 2.57. The Kier molecular flexibility index (Phi) is 3.77. The third kappa shape index (κ3) is 2.77. The Bertz CT molecular complexity index is 523. The van der Waals surface area contributed by atoms with Crippen molar-refractivity contribution in [2.75, 3.05) is 19.0 Å². The highest BCUT2D eigenvalue weighted by Gasteiger charge is 2.04. The summed E-state index contributed by atoms with van der Waals surface area (Å²) in [7, 11) is 1.66. The molecule has 2 rings (SSSR count). The lowest BCUT2D eigenvalue weighted by Crippen LogP contribution is -2.03. The summed E-state index contributed by atoms with van der Waals surface area (Å²) in [5.41, 5.74) is 2.92. The molecule has 1 heterocycles. The number of benzene rings is 1. The zero-order chi connectivity index (χ0) is 13.0. The summed E-state index contributed by atoms with van der Waals surface area (Å²) < 4.78 is 5.15. The number of rotatable bonds is 4. The molecule has 0 spiro atoms. The molecule has 0 aliphatic rings. The quantitative estimate of drug-likeness (QED) is 0.897. The lowest BCUT2D eigenvalue weighted by Gasteiger charge is -2.07. The molecular formula is C14H17N3O. The van der Waals surface area contributed by atoms with Gasteiger partial charge in [0.1, 0.15) is 5.75 Å². The van der Waals surface area contributed by atoms with Gasteiger partial charge in [0.2, 0.25) is 5.95 Å². The molecule has 0 aliphatic heterocycles. The molecule has 0 amide bonds. The average Bonchev–Trinajstić information content (AvgIpc) is 2.38. The van der Waals surface area contributed by atoms with Gasteiger partial charge in [0.05, 0.1) is 12.8 Å². The molecule has 1 aromatic heterocycles. The molecule has 18 heavy (non-hydrogen) atoms. The minimum absolute atomic E-state index is 0.670. The predicted octanol–water partition coefficient (Wildman–Crippen LogP) is 2.89. The number of aromatic nitrogens is 2. The molecular weight excluding hydrogens is 226 g/mol. The number of ether oxygens (including phenoxy) is 1. The Morgan fingerprint density at radius 3 is 2.50 bits per heavy atom. The van der Waals surface area contributed by atoms with Gasteiger partial charge in [-0.3, -0.25) is 0 Å². The zero-order valence-corrected chi connectivity index (χ0v) is 10.9. The van der Waals surface area contributed by atoms with Crippen LogP contribution < -0.4 is 10.1 Å². The van der Waals surface area contributed by atoms with Gasteiger partial charge in [0, 0.05) is 17.8 Å². The summed E-state index contributed by atoms with van der Waals surface area (Å²) in [6.45, 7) is 4.81. The minimum atomic E-state index is 0.670. The van der Waals surface area contributed by atoms with Gasteiger partial charge < -0.3 is 10.1 Å². The van der Waals surface area contributed by atoms with Crippen LogP contribution in [0, 0.1) is 6.92 Å². The first-order valence-electron chi connectivity index (χ1n) is 5.97. The number of hydrogen-bond donors (Lipinski definition) is 1. The molecule has 0 unspecified atom stereocenters. The van der Waals surface area contributed by atoms with Gasteiger partial charge in [-0.15, -0.1) is 0 Å². The van der Waals surface area contributed by atoms with Gasteiger partial charge in [-0.25, -0.2) is 9.97 Å². The highest BCUT2D eigenvalue weighted by Crippen LogP contribution is 2.22. The molecule has 0 aliphatic carbocycles. The maximum Gasteiger partial charge on any atom is 0.223 e. The fourth-order valence-corrected chi connectivity index (χ4v) is 1.72. The van der Waals surface area contributed by atoms with Crippen LogP contribution >= 0.6 is 0 Å². The van der Waals surface area contributed by atoms with E-state index in [2.05, 4.69) is 15.3 Å². The number of hydrogen-bond acceptors (Lipinski definition) is 4. The van der Waals surface area contributed by atoms with Gasteiger partial charge in [0.15, 0.2) is 0 Å². The molecule has 1 N–H and O–H groups in total. The number of methoxy groups -OCH3 is 1. The smallest absolute Gasteiger partial charge is 0.223 e. The lowest BCUT2D eigenvalue weighted by molar-refractivity contribution is 0.415. The first-order valence-corrected chi connectivity index (χ1v) is 5.97. The maximum atomic E-state index is 5.15. The van der Waals surface area contributed by atoms with Crippen molar-refractivity contribution in [3.05, 3.63) is 36.0 Å². The normalized spacial score (nSPS) is 10.2. The van der Waals surface area contributed by atoms with Crippen LogP contribution in [0.1, 0.15) is 12.6 Å². The molecule has 0 saturated carbocycles. The van der Waals surface area contributed by atoms with Gasteiger partial charge in [0.25, 0.3) is 0 Å². The summed E-state index contributed by atoms with van der Waals surface area (Å²) in [5, 5.41) is 3.13. The maximum absolute atomic E-state index is 5.15. The van der Waals surface area contributed by atoms with Crippen LogP contribution in [0.5, 0.6) is 5.75 Å². The Balaban J connectivity index is 2.36. The lowest BCUT2D eigenvalue weighted by atomic mass is 10.1. The van der Waals surface area contributed by atoms with Gasteiger partial charge in [-0.1, -0.05) is 0 Å². The monoisotopic (exact) mass is 243 g/mol. The van der Waals surface area contributed by atoms with Crippen molar-refractivity contribution < 1.29 is 4.74 Å². The van der Waals surface area contributed by atoms with E-state index in [-0.39, 0.29) is 0 Å². The van der Waals surface area contributed by atoms with E-state index in [1.54, 1.807) is 7.11 Å². The molecule has 0 fully saturated rings. The molecule has 4 nitrogen and oxygen atoms in total. The second-order valence-corrected chi connectivity index (χ2v) is 3.98. The first kappa shape index (κ1) is 12.4. The standard InChI is InChI=1S/C14H17N3O/c1-4-15-14-16-10(2)9-13(17-14)11-5-7-12(18-3)8-6-11/h5-9H,4H2,1-3H3,(H,15,16,17). The second-order valence-electron chi connectivity index (χ2n) is 3.98. The SMILES string of the molecule is CCNc1nc(C)cc(-c2ccc(OC)cc2)n1. The Morgan fingerprint density at radius 2 is 1.89 bits per heavy atom. The van der Waals surface area contributed by atoms with Crippen LogP contribution in [0.2, 0.25) is 0 Å². The Labute approximate surface area is 107 Å². The Morgan fingerprint density at radius 1 is 1.17 bits per heavy atom. The largest absolute Gasteiger partial charge is 0.497 e. The topological polar surface area (TPSA) is 47.0 Å². The molecule has 0 atom stereocenters. The highest BCUT2D eigenvalue weighted by molar-refractivity contribution is 5.61.